The third-order valence-electron chi connectivity index (χ3n) is 3.06. The standard InChI is InChI=1S/C15H21N3S/c1-15(2,3)12-8-6-11(7-9-12)14-18-17-13(19-14)5-4-10-16/h6-9H,4-5,10,16H2,1-3H3. The molecule has 19 heavy (non-hydrogen) atoms. The molecular formula is C15H21N3S. The van der Waals surface area contributed by atoms with Gasteiger partial charge in [-0.2, -0.15) is 0 Å². The lowest BCUT2D eigenvalue weighted by molar-refractivity contribution is 0.590. The molecule has 0 fully saturated rings. The van der Waals surface area contributed by atoms with E-state index in [1.165, 1.54) is 5.56 Å². The minimum Gasteiger partial charge on any atom is -0.330 e. The van der Waals surface area contributed by atoms with Gasteiger partial charge >= 0.3 is 0 Å². The molecule has 0 aliphatic rings. The first-order valence-electron chi connectivity index (χ1n) is 6.64. The van der Waals surface area contributed by atoms with Crippen molar-refractivity contribution in [1.82, 2.24) is 10.2 Å². The van der Waals surface area contributed by atoms with Gasteiger partial charge in [0.2, 0.25) is 0 Å². The van der Waals surface area contributed by atoms with Gasteiger partial charge in [-0.05, 0) is 23.9 Å². The van der Waals surface area contributed by atoms with E-state index in [1.807, 2.05) is 0 Å². The maximum atomic E-state index is 5.51. The van der Waals surface area contributed by atoms with Gasteiger partial charge in [-0.3, -0.25) is 0 Å². The van der Waals surface area contributed by atoms with E-state index < -0.39 is 0 Å². The number of hydrogen-bond acceptors (Lipinski definition) is 4. The van der Waals surface area contributed by atoms with Gasteiger partial charge in [-0.25, -0.2) is 0 Å². The summed E-state index contributed by atoms with van der Waals surface area (Å²) in [5, 5.41) is 10.5. The highest BCUT2D eigenvalue weighted by Gasteiger charge is 2.14. The lowest BCUT2D eigenvalue weighted by Crippen LogP contribution is -2.10. The highest BCUT2D eigenvalue weighted by molar-refractivity contribution is 7.14. The van der Waals surface area contributed by atoms with Crippen molar-refractivity contribution < 1.29 is 0 Å². The van der Waals surface area contributed by atoms with E-state index in [-0.39, 0.29) is 5.41 Å². The first kappa shape index (κ1) is 14.2. The highest BCUT2D eigenvalue weighted by atomic mass is 32.1. The fraction of sp³-hybridized carbons (Fsp3) is 0.467. The number of nitrogens with two attached hydrogens (primary N) is 1. The Morgan fingerprint density at radius 2 is 1.79 bits per heavy atom. The quantitative estimate of drug-likeness (QED) is 0.930. The molecule has 0 bridgehead atoms. The summed E-state index contributed by atoms with van der Waals surface area (Å²) in [5.41, 5.74) is 8.17. The topological polar surface area (TPSA) is 51.8 Å². The average Bonchev–Trinajstić information content (AvgIpc) is 2.84. The van der Waals surface area contributed by atoms with Crippen molar-refractivity contribution in [2.24, 2.45) is 5.73 Å². The van der Waals surface area contributed by atoms with Gasteiger partial charge in [-0.15, -0.1) is 10.2 Å². The molecular weight excluding hydrogens is 254 g/mol. The minimum atomic E-state index is 0.186. The fourth-order valence-electron chi connectivity index (χ4n) is 1.84. The number of aromatic nitrogens is 2. The Kier molecular flexibility index (Phi) is 4.32. The van der Waals surface area contributed by atoms with Crippen LogP contribution in [0.3, 0.4) is 0 Å². The van der Waals surface area contributed by atoms with Gasteiger partial charge in [0.25, 0.3) is 0 Å². The van der Waals surface area contributed by atoms with E-state index in [2.05, 4.69) is 55.2 Å². The molecule has 0 unspecified atom stereocenters. The van der Waals surface area contributed by atoms with Crippen molar-refractivity contribution in [1.29, 1.82) is 0 Å². The molecule has 0 atom stereocenters. The molecule has 0 amide bonds. The Morgan fingerprint density at radius 1 is 1.11 bits per heavy atom. The molecule has 102 valence electrons. The molecule has 1 heterocycles. The Balaban J connectivity index is 2.16. The molecule has 0 radical (unpaired) electrons. The summed E-state index contributed by atoms with van der Waals surface area (Å²) >= 11 is 1.66. The predicted molar refractivity (Wildman–Crippen MR) is 81.4 cm³/mol. The van der Waals surface area contributed by atoms with Crippen molar-refractivity contribution in [2.75, 3.05) is 6.54 Å². The van der Waals surface area contributed by atoms with Gasteiger partial charge in [0.15, 0.2) is 0 Å². The molecule has 1 aromatic carbocycles. The van der Waals surface area contributed by atoms with Gasteiger partial charge in [0.1, 0.15) is 10.0 Å². The van der Waals surface area contributed by atoms with Gasteiger partial charge in [0, 0.05) is 12.0 Å². The maximum absolute atomic E-state index is 5.51. The Bertz CT molecular complexity index is 523. The molecule has 4 heteroatoms. The highest BCUT2D eigenvalue weighted by Crippen LogP contribution is 2.28. The second kappa shape index (κ2) is 5.80. The smallest absolute Gasteiger partial charge is 0.147 e. The van der Waals surface area contributed by atoms with Crippen LogP contribution >= 0.6 is 11.3 Å². The van der Waals surface area contributed by atoms with Gasteiger partial charge in [-0.1, -0.05) is 56.4 Å². The van der Waals surface area contributed by atoms with Crippen molar-refractivity contribution in [3.8, 4) is 10.6 Å². The van der Waals surface area contributed by atoms with Crippen LogP contribution in [-0.4, -0.2) is 16.7 Å². The van der Waals surface area contributed by atoms with E-state index in [1.54, 1.807) is 11.3 Å². The molecule has 1 aromatic heterocycles. The van der Waals surface area contributed by atoms with Crippen molar-refractivity contribution in [3.05, 3.63) is 34.8 Å². The van der Waals surface area contributed by atoms with E-state index >= 15 is 0 Å². The number of rotatable bonds is 4. The van der Waals surface area contributed by atoms with Gasteiger partial charge in [0.05, 0.1) is 0 Å². The van der Waals surface area contributed by atoms with Crippen LogP contribution in [0.1, 0.15) is 37.8 Å². The largest absolute Gasteiger partial charge is 0.330 e. The zero-order valence-electron chi connectivity index (χ0n) is 11.8. The Hall–Kier alpha value is -1.26. The van der Waals surface area contributed by atoms with E-state index in [0.29, 0.717) is 6.54 Å². The van der Waals surface area contributed by atoms with Crippen molar-refractivity contribution in [2.45, 2.75) is 39.0 Å². The number of aryl methyl sites for hydroxylation is 1. The van der Waals surface area contributed by atoms with E-state index in [9.17, 15) is 0 Å². The Morgan fingerprint density at radius 3 is 2.37 bits per heavy atom. The second-order valence-corrected chi connectivity index (χ2v) is 6.78. The molecule has 0 saturated heterocycles. The predicted octanol–water partition coefficient (Wildman–Crippen LogP) is 3.39. The number of nitrogens with zero attached hydrogens (tertiary/aromatic N) is 2. The lowest BCUT2D eigenvalue weighted by atomic mass is 9.87. The summed E-state index contributed by atoms with van der Waals surface area (Å²) in [6.07, 6.45) is 1.89. The van der Waals surface area contributed by atoms with E-state index in [0.717, 1.165) is 28.4 Å². The zero-order valence-corrected chi connectivity index (χ0v) is 12.6. The fourth-order valence-corrected chi connectivity index (χ4v) is 2.72. The van der Waals surface area contributed by atoms with Crippen LogP contribution in [0.4, 0.5) is 0 Å². The van der Waals surface area contributed by atoms with Gasteiger partial charge < -0.3 is 5.73 Å². The van der Waals surface area contributed by atoms with Crippen LogP contribution in [-0.2, 0) is 11.8 Å². The molecule has 2 rings (SSSR count). The van der Waals surface area contributed by atoms with Crippen molar-refractivity contribution >= 4 is 11.3 Å². The summed E-state index contributed by atoms with van der Waals surface area (Å²) in [6.45, 7) is 7.36. The SMILES string of the molecule is CC(C)(C)c1ccc(-c2nnc(CCCN)s2)cc1. The van der Waals surface area contributed by atoms with Crippen LogP contribution < -0.4 is 5.73 Å². The van der Waals surface area contributed by atoms with Crippen molar-refractivity contribution in [3.63, 3.8) is 0 Å². The van der Waals surface area contributed by atoms with Crippen LogP contribution in [0, 0.1) is 0 Å². The number of hydrogen-bond donors (Lipinski definition) is 1. The lowest BCUT2D eigenvalue weighted by Gasteiger charge is -2.18. The molecule has 2 N–H and O–H groups in total. The molecule has 0 aliphatic carbocycles. The number of benzene rings is 1. The minimum absolute atomic E-state index is 0.186. The summed E-state index contributed by atoms with van der Waals surface area (Å²) < 4.78 is 0. The molecule has 0 aliphatic heterocycles. The van der Waals surface area contributed by atoms with E-state index in [4.69, 9.17) is 5.73 Å². The molecule has 3 nitrogen and oxygen atoms in total. The zero-order chi connectivity index (χ0) is 13.9. The normalized spacial score (nSPS) is 11.8. The second-order valence-electron chi connectivity index (χ2n) is 5.72. The first-order valence-corrected chi connectivity index (χ1v) is 7.46. The first-order chi connectivity index (χ1) is 9.00. The van der Waals surface area contributed by atoms with Crippen LogP contribution in [0.25, 0.3) is 10.6 Å². The van der Waals surface area contributed by atoms with Crippen LogP contribution in [0.15, 0.2) is 24.3 Å². The third-order valence-corrected chi connectivity index (χ3v) is 4.09. The molecule has 2 aromatic rings. The van der Waals surface area contributed by atoms with Crippen LogP contribution in [0.5, 0.6) is 0 Å². The molecule has 0 saturated carbocycles. The monoisotopic (exact) mass is 275 g/mol. The summed E-state index contributed by atoms with van der Waals surface area (Å²) in [6, 6.07) is 8.62. The van der Waals surface area contributed by atoms with Crippen LogP contribution in [0.2, 0.25) is 0 Å². The molecule has 0 spiro atoms. The maximum Gasteiger partial charge on any atom is 0.147 e. The summed E-state index contributed by atoms with van der Waals surface area (Å²) in [5.74, 6) is 0. The average molecular weight is 275 g/mol. The Labute approximate surface area is 118 Å². The summed E-state index contributed by atoms with van der Waals surface area (Å²) in [7, 11) is 0. The third kappa shape index (κ3) is 3.61. The summed E-state index contributed by atoms with van der Waals surface area (Å²) in [4.78, 5) is 0.